The first-order chi connectivity index (χ1) is 26.8. The van der Waals surface area contributed by atoms with Gasteiger partial charge in [-0.05, 0) is 70.1 Å². The van der Waals surface area contributed by atoms with E-state index in [0.29, 0.717) is 17.5 Å². The number of aromatic nitrogens is 6. The number of para-hydroxylation sites is 1. The highest BCUT2D eigenvalue weighted by atomic mass is 15.3. The van der Waals surface area contributed by atoms with Crippen LogP contribution in [0.5, 0.6) is 0 Å². The first-order valence-corrected chi connectivity index (χ1v) is 18.1. The van der Waals surface area contributed by atoms with Crippen LogP contribution < -0.4 is 0 Å². The van der Waals surface area contributed by atoms with E-state index in [1.165, 1.54) is 32.3 Å². The predicted molar refractivity (Wildman–Crippen MR) is 220 cm³/mol. The Labute approximate surface area is 310 Å². The lowest BCUT2D eigenvalue weighted by Gasteiger charge is -2.12. The fourth-order valence-electron chi connectivity index (χ4n) is 7.89. The molecule has 0 spiro atoms. The maximum absolute atomic E-state index is 5.05. The lowest BCUT2D eigenvalue weighted by atomic mass is 9.99. The average Bonchev–Trinajstić information content (AvgIpc) is 3.83. The molecule has 6 nitrogen and oxygen atoms in total. The summed E-state index contributed by atoms with van der Waals surface area (Å²) in [5, 5.41) is 13.3. The van der Waals surface area contributed by atoms with Crippen molar-refractivity contribution >= 4 is 54.3 Å². The van der Waals surface area contributed by atoms with Crippen molar-refractivity contribution < 1.29 is 0 Å². The molecule has 3 heterocycles. The largest absolute Gasteiger partial charge is 0.309 e. The molecule has 0 amide bonds. The molecule has 0 atom stereocenters. The summed E-state index contributed by atoms with van der Waals surface area (Å²) in [5.74, 6) is 1.89. The Morgan fingerprint density at radius 1 is 0.352 bits per heavy atom. The van der Waals surface area contributed by atoms with Crippen LogP contribution in [-0.2, 0) is 0 Å². The van der Waals surface area contributed by atoms with Gasteiger partial charge >= 0.3 is 0 Å². The van der Waals surface area contributed by atoms with Crippen LogP contribution >= 0.6 is 0 Å². The monoisotopic (exact) mass is 690 g/mol. The summed E-state index contributed by atoms with van der Waals surface area (Å²) in [4.78, 5) is 15.0. The van der Waals surface area contributed by atoms with Gasteiger partial charge in [0.1, 0.15) is 0 Å². The van der Waals surface area contributed by atoms with Crippen LogP contribution in [0.15, 0.2) is 182 Å². The fraction of sp³-hybridized carbons (Fsp3) is 0. The number of fused-ring (bicyclic) bond motifs is 8. The van der Waals surface area contributed by atoms with Gasteiger partial charge in [-0.3, -0.25) is 0 Å². The fourth-order valence-corrected chi connectivity index (χ4v) is 7.89. The van der Waals surface area contributed by atoms with Crippen molar-refractivity contribution in [2.75, 3.05) is 0 Å². The smallest absolute Gasteiger partial charge is 0.164 e. The van der Waals surface area contributed by atoms with E-state index in [1.807, 2.05) is 77.6 Å². The first-order valence-electron chi connectivity index (χ1n) is 18.1. The molecule has 54 heavy (non-hydrogen) atoms. The molecule has 3 aromatic heterocycles. The van der Waals surface area contributed by atoms with Crippen LogP contribution in [0.3, 0.4) is 0 Å². The zero-order chi connectivity index (χ0) is 35.6. The summed E-state index contributed by atoms with van der Waals surface area (Å²) in [5.41, 5.74) is 8.12. The topological polar surface area (TPSA) is 61.4 Å². The maximum atomic E-state index is 5.05. The van der Waals surface area contributed by atoms with Gasteiger partial charge in [0, 0.05) is 38.5 Å². The molecule has 0 bridgehead atoms. The Bertz CT molecular complexity index is 3140. The molecular weight excluding hydrogens is 661 g/mol. The first kappa shape index (κ1) is 30.2. The van der Waals surface area contributed by atoms with Gasteiger partial charge in [-0.2, -0.15) is 5.10 Å². The second-order valence-electron chi connectivity index (χ2n) is 13.6. The Hall–Kier alpha value is -7.44. The number of nitrogens with zero attached hydrogens (tertiary/aromatic N) is 6. The van der Waals surface area contributed by atoms with E-state index in [2.05, 4.69) is 114 Å². The lowest BCUT2D eigenvalue weighted by Crippen LogP contribution is -2.01. The molecule has 252 valence electrons. The van der Waals surface area contributed by atoms with Crippen LogP contribution in [0.1, 0.15) is 0 Å². The van der Waals surface area contributed by atoms with Crippen molar-refractivity contribution in [1.82, 2.24) is 29.3 Å². The zero-order valence-electron chi connectivity index (χ0n) is 29.0. The van der Waals surface area contributed by atoms with Crippen molar-refractivity contribution in [3.05, 3.63) is 182 Å². The molecule has 8 aromatic carbocycles. The summed E-state index contributed by atoms with van der Waals surface area (Å²) in [6.07, 6.45) is 2.01. The Kier molecular flexibility index (Phi) is 6.75. The average molecular weight is 691 g/mol. The zero-order valence-corrected chi connectivity index (χ0v) is 29.0. The third-order valence-corrected chi connectivity index (χ3v) is 10.4. The highest BCUT2D eigenvalue weighted by Gasteiger charge is 2.20. The molecule has 0 aliphatic rings. The standard InChI is InChI=1S/C48H30N6/c1-4-14-32(15-5-1)46-50-47(33-16-6-2-7-17-33)52-48(51-46)35-18-12-21-37(27-35)53-43-26-25-42-41(30-49-54(42)36-19-8-3-9-20-36)45(43)40-29-39-34(28-44(40)53)24-23-31-13-10-11-22-38(31)39/h1-30H. The van der Waals surface area contributed by atoms with Crippen LogP contribution in [0.25, 0.3) is 99.8 Å². The summed E-state index contributed by atoms with van der Waals surface area (Å²) >= 11 is 0. The molecule has 0 saturated carbocycles. The number of rotatable bonds is 5. The molecule has 0 unspecified atom stereocenters. The van der Waals surface area contributed by atoms with Crippen molar-refractivity contribution in [1.29, 1.82) is 0 Å². The molecule has 0 aliphatic heterocycles. The highest BCUT2D eigenvalue weighted by Crippen LogP contribution is 2.41. The molecule has 6 heteroatoms. The number of benzene rings is 8. The third kappa shape index (κ3) is 4.81. The van der Waals surface area contributed by atoms with Gasteiger partial charge in [0.2, 0.25) is 0 Å². The van der Waals surface area contributed by atoms with Gasteiger partial charge in [-0.25, -0.2) is 19.6 Å². The Balaban J connectivity index is 1.18. The molecule has 11 aromatic rings. The van der Waals surface area contributed by atoms with E-state index in [1.54, 1.807) is 0 Å². The van der Waals surface area contributed by atoms with Crippen molar-refractivity contribution in [3.63, 3.8) is 0 Å². The molecule has 0 N–H and O–H groups in total. The SMILES string of the molecule is c1ccc(-c2nc(-c3ccccc3)nc(-c3cccc(-n4c5cc6ccc7ccccc7c6cc5c5c6cnn(-c7ccccc7)c6ccc54)c3)n2)cc1. The number of hydrogen-bond acceptors (Lipinski definition) is 4. The minimum absolute atomic E-state index is 0.619. The maximum Gasteiger partial charge on any atom is 0.164 e. The van der Waals surface area contributed by atoms with Crippen molar-refractivity contribution in [2.45, 2.75) is 0 Å². The van der Waals surface area contributed by atoms with Gasteiger partial charge < -0.3 is 4.57 Å². The second kappa shape index (κ2) is 12.1. The Morgan fingerprint density at radius 2 is 0.944 bits per heavy atom. The minimum Gasteiger partial charge on any atom is -0.309 e. The van der Waals surface area contributed by atoms with Crippen molar-refractivity contribution in [2.24, 2.45) is 0 Å². The number of hydrogen-bond donors (Lipinski definition) is 0. The molecule has 0 saturated heterocycles. The van der Waals surface area contributed by atoms with Gasteiger partial charge in [-0.15, -0.1) is 0 Å². The quantitative estimate of drug-likeness (QED) is 0.169. The van der Waals surface area contributed by atoms with E-state index in [4.69, 9.17) is 20.1 Å². The summed E-state index contributed by atoms with van der Waals surface area (Å²) < 4.78 is 4.41. The van der Waals surface area contributed by atoms with E-state index >= 15 is 0 Å². The highest BCUT2D eigenvalue weighted by molar-refractivity contribution is 6.24. The molecule has 0 fully saturated rings. The third-order valence-electron chi connectivity index (χ3n) is 10.4. The van der Waals surface area contributed by atoms with Crippen LogP contribution in [0.4, 0.5) is 0 Å². The van der Waals surface area contributed by atoms with E-state index in [-0.39, 0.29) is 0 Å². The summed E-state index contributed by atoms with van der Waals surface area (Å²) in [6, 6.07) is 61.3. The van der Waals surface area contributed by atoms with Gasteiger partial charge in [0.15, 0.2) is 17.5 Å². The predicted octanol–water partition coefficient (Wildman–Crippen LogP) is 11.6. The van der Waals surface area contributed by atoms with E-state index in [0.717, 1.165) is 50.0 Å². The van der Waals surface area contributed by atoms with Crippen LogP contribution in [0, 0.1) is 0 Å². The van der Waals surface area contributed by atoms with E-state index < -0.39 is 0 Å². The van der Waals surface area contributed by atoms with Crippen LogP contribution in [0.2, 0.25) is 0 Å². The minimum atomic E-state index is 0.619. The lowest BCUT2D eigenvalue weighted by molar-refractivity contribution is 0.911. The molecular formula is C48H30N6. The molecule has 11 rings (SSSR count). The van der Waals surface area contributed by atoms with Crippen molar-refractivity contribution in [3.8, 4) is 45.5 Å². The molecule has 0 radical (unpaired) electrons. The summed E-state index contributed by atoms with van der Waals surface area (Å²) in [7, 11) is 0. The van der Waals surface area contributed by atoms with Gasteiger partial charge in [0.25, 0.3) is 0 Å². The second-order valence-corrected chi connectivity index (χ2v) is 13.6. The normalized spacial score (nSPS) is 11.7. The van der Waals surface area contributed by atoms with E-state index in [9.17, 15) is 0 Å². The summed E-state index contributed by atoms with van der Waals surface area (Å²) in [6.45, 7) is 0. The molecule has 0 aliphatic carbocycles. The Morgan fingerprint density at radius 3 is 1.69 bits per heavy atom. The van der Waals surface area contributed by atoms with Gasteiger partial charge in [-0.1, -0.05) is 127 Å². The van der Waals surface area contributed by atoms with Gasteiger partial charge in [0.05, 0.1) is 28.4 Å². The van der Waals surface area contributed by atoms with Crippen LogP contribution in [-0.4, -0.2) is 29.3 Å².